The topological polar surface area (TPSA) is 109 Å². The lowest BCUT2D eigenvalue weighted by atomic mass is 10.1. The number of hydrogen-bond donors (Lipinski definition) is 2. The highest BCUT2D eigenvalue weighted by Gasteiger charge is 2.17. The molecule has 7 heteroatoms. The summed E-state index contributed by atoms with van der Waals surface area (Å²) in [7, 11) is -3.73. The van der Waals surface area contributed by atoms with Crippen molar-refractivity contribution in [2.75, 3.05) is 5.73 Å². The van der Waals surface area contributed by atoms with Gasteiger partial charge in [-0.15, -0.1) is 0 Å². The molecule has 1 aromatic carbocycles. The third-order valence-electron chi connectivity index (χ3n) is 2.63. The van der Waals surface area contributed by atoms with E-state index in [0.717, 1.165) is 0 Å². The summed E-state index contributed by atoms with van der Waals surface area (Å²) in [6, 6.07) is 10.1. The number of nitrogens with one attached hydrogen (secondary N) is 1. The Hall–Kier alpha value is -2.43. The van der Waals surface area contributed by atoms with Gasteiger partial charge < -0.3 is 5.73 Å². The van der Waals surface area contributed by atoms with Gasteiger partial charge in [0.25, 0.3) is 0 Å². The second-order valence-corrected chi connectivity index (χ2v) is 5.79. The Morgan fingerprint density at radius 1 is 1.35 bits per heavy atom. The Morgan fingerprint density at radius 3 is 2.85 bits per heavy atom. The summed E-state index contributed by atoms with van der Waals surface area (Å²) < 4.78 is 26.6. The first-order chi connectivity index (χ1) is 9.53. The van der Waals surface area contributed by atoms with Gasteiger partial charge in [-0.25, -0.2) is 13.1 Å². The molecule has 0 unspecified atom stereocenters. The largest absolute Gasteiger partial charge is 0.398 e. The number of rotatable bonds is 4. The number of hydrogen-bond acceptors (Lipinski definition) is 5. The standard InChI is InChI=1S/C13H12N4O2S/c14-7-10-2-1-3-11(6-10)8-17-20(18,19)13-9-16-5-4-12(13)15/h1-6,9,17H,8H2,(H2,15,16). The van der Waals surface area contributed by atoms with Crippen LogP contribution < -0.4 is 10.5 Å². The van der Waals surface area contributed by atoms with Crippen molar-refractivity contribution >= 4 is 15.7 Å². The summed E-state index contributed by atoms with van der Waals surface area (Å²) in [5.74, 6) is 0. The zero-order chi connectivity index (χ0) is 14.6. The van der Waals surface area contributed by atoms with Crippen molar-refractivity contribution < 1.29 is 8.42 Å². The van der Waals surface area contributed by atoms with Crippen LogP contribution in [0.5, 0.6) is 0 Å². The van der Waals surface area contributed by atoms with Gasteiger partial charge in [-0.05, 0) is 23.8 Å². The Kier molecular flexibility index (Phi) is 3.98. The van der Waals surface area contributed by atoms with Crippen molar-refractivity contribution in [3.05, 3.63) is 53.9 Å². The van der Waals surface area contributed by atoms with Crippen molar-refractivity contribution in [1.29, 1.82) is 5.26 Å². The maximum atomic E-state index is 12.1. The van der Waals surface area contributed by atoms with Gasteiger partial charge in [-0.1, -0.05) is 12.1 Å². The Morgan fingerprint density at radius 2 is 2.15 bits per heavy atom. The number of benzene rings is 1. The molecule has 0 amide bonds. The van der Waals surface area contributed by atoms with Crippen LogP contribution in [-0.2, 0) is 16.6 Å². The van der Waals surface area contributed by atoms with Gasteiger partial charge in [0.15, 0.2) is 0 Å². The first-order valence-electron chi connectivity index (χ1n) is 5.71. The van der Waals surface area contributed by atoms with Crippen molar-refractivity contribution in [2.45, 2.75) is 11.4 Å². The number of nitrogens with zero attached hydrogens (tertiary/aromatic N) is 2. The van der Waals surface area contributed by atoms with E-state index in [9.17, 15) is 8.42 Å². The van der Waals surface area contributed by atoms with Crippen LogP contribution in [0, 0.1) is 11.3 Å². The maximum absolute atomic E-state index is 12.1. The van der Waals surface area contributed by atoms with E-state index in [-0.39, 0.29) is 17.1 Å². The van der Waals surface area contributed by atoms with E-state index in [1.54, 1.807) is 24.3 Å². The molecule has 2 rings (SSSR count). The van der Waals surface area contributed by atoms with Crippen molar-refractivity contribution in [3.63, 3.8) is 0 Å². The number of nitrogen functional groups attached to an aromatic ring is 1. The van der Waals surface area contributed by atoms with Gasteiger partial charge in [-0.3, -0.25) is 4.98 Å². The summed E-state index contributed by atoms with van der Waals surface area (Å²) in [6.45, 7) is 0.0756. The van der Waals surface area contributed by atoms with Crippen LogP contribution in [0.15, 0.2) is 47.6 Å². The van der Waals surface area contributed by atoms with E-state index in [1.165, 1.54) is 18.5 Å². The van der Waals surface area contributed by atoms with Gasteiger partial charge in [0, 0.05) is 18.9 Å². The average Bonchev–Trinajstić information content (AvgIpc) is 2.46. The SMILES string of the molecule is N#Cc1cccc(CNS(=O)(=O)c2cnccc2N)c1. The van der Waals surface area contributed by atoms with Crippen LogP contribution in [0.2, 0.25) is 0 Å². The molecule has 0 aliphatic rings. The number of sulfonamides is 1. The van der Waals surface area contributed by atoms with Crippen molar-refractivity contribution in [3.8, 4) is 6.07 Å². The third kappa shape index (κ3) is 3.12. The molecule has 0 fully saturated rings. The Balaban J connectivity index is 2.18. The predicted molar refractivity (Wildman–Crippen MR) is 73.8 cm³/mol. The normalized spacial score (nSPS) is 10.9. The summed E-state index contributed by atoms with van der Waals surface area (Å²) in [5.41, 5.74) is 6.92. The average molecular weight is 288 g/mol. The maximum Gasteiger partial charge on any atom is 0.244 e. The summed E-state index contributed by atoms with van der Waals surface area (Å²) in [4.78, 5) is 3.69. The van der Waals surface area contributed by atoms with E-state index < -0.39 is 10.0 Å². The van der Waals surface area contributed by atoms with Gasteiger partial charge in [0.1, 0.15) is 4.90 Å². The molecule has 0 saturated carbocycles. The number of pyridine rings is 1. The van der Waals surface area contributed by atoms with Gasteiger partial charge in [0.2, 0.25) is 10.0 Å². The molecule has 0 atom stereocenters. The molecular weight excluding hydrogens is 276 g/mol. The van der Waals surface area contributed by atoms with Gasteiger partial charge in [-0.2, -0.15) is 5.26 Å². The Bertz CT molecular complexity index is 766. The highest BCUT2D eigenvalue weighted by molar-refractivity contribution is 7.89. The summed E-state index contributed by atoms with van der Waals surface area (Å²) in [5, 5.41) is 8.79. The van der Waals surface area contributed by atoms with Crippen molar-refractivity contribution in [2.24, 2.45) is 0 Å². The fraction of sp³-hybridized carbons (Fsp3) is 0.0769. The lowest BCUT2D eigenvalue weighted by molar-refractivity contribution is 0.581. The highest BCUT2D eigenvalue weighted by Crippen LogP contribution is 2.16. The lowest BCUT2D eigenvalue weighted by Crippen LogP contribution is -2.24. The van der Waals surface area contributed by atoms with Crippen LogP contribution in [0.3, 0.4) is 0 Å². The molecule has 0 aliphatic heterocycles. The van der Waals surface area contributed by atoms with Gasteiger partial charge in [0.05, 0.1) is 17.3 Å². The van der Waals surface area contributed by atoms with E-state index in [2.05, 4.69) is 9.71 Å². The molecule has 3 N–H and O–H groups in total. The number of nitriles is 1. The number of anilines is 1. The first kappa shape index (κ1) is 14.0. The quantitative estimate of drug-likeness (QED) is 0.872. The van der Waals surface area contributed by atoms with E-state index >= 15 is 0 Å². The fourth-order valence-corrected chi connectivity index (χ4v) is 2.71. The molecule has 1 heterocycles. The predicted octanol–water partition coefficient (Wildman–Crippen LogP) is 1.01. The minimum atomic E-state index is -3.73. The molecule has 1 aromatic heterocycles. The third-order valence-corrected chi connectivity index (χ3v) is 4.07. The smallest absolute Gasteiger partial charge is 0.244 e. The minimum Gasteiger partial charge on any atom is -0.398 e. The lowest BCUT2D eigenvalue weighted by Gasteiger charge is -2.08. The van der Waals surface area contributed by atoms with Crippen LogP contribution in [0.4, 0.5) is 5.69 Å². The van der Waals surface area contributed by atoms with Crippen LogP contribution in [-0.4, -0.2) is 13.4 Å². The molecule has 0 spiro atoms. The molecular formula is C13H12N4O2S. The molecule has 0 radical (unpaired) electrons. The zero-order valence-electron chi connectivity index (χ0n) is 10.4. The molecule has 6 nitrogen and oxygen atoms in total. The highest BCUT2D eigenvalue weighted by atomic mass is 32.2. The van der Waals surface area contributed by atoms with E-state index in [0.29, 0.717) is 11.1 Å². The molecule has 0 bridgehead atoms. The molecule has 0 aliphatic carbocycles. The Labute approximate surface area is 116 Å². The summed E-state index contributed by atoms with van der Waals surface area (Å²) >= 11 is 0. The van der Waals surface area contributed by atoms with Crippen LogP contribution in [0.1, 0.15) is 11.1 Å². The fourth-order valence-electron chi connectivity index (χ4n) is 1.62. The van der Waals surface area contributed by atoms with E-state index in [1.807, 2.05) is 6.07 Å². The van der Waals surface area contributed by atoms with Crippen LogP contribution in [0.25, 0.3) is 0 Å². The second kappa shape index (κ2) is 5.69. The second-order valence-electron chi connectivity index (χ2n) is 4.05. The van der Waals surface area contributed by atoms with Gasteiger partial charge >= 0.3 is 0 Å². The molecule has 0 saturated heterocycles. The minimum absolute atomic E-state index is 0.0589. The zero-order valence-corrected chi connectivity index (χ0v) is 11.3. The summed E-state index contributed by atoms with van der Waals surface area (Å²) in [6.07, 6.45) is 2.62. The molecule has 2 aromatic rings. The molecule has 20 heavy (non-hydrogen) atoms. The van der Waals surface area contributed by atoms with Crippen LogP contribution >= 0.6 is 0 Å². The molecule has 102 valence electrons. The number of aromatic nitrogens is 1. The van der Waals surface area contributed by atoms with Crippen molar-refractivity contribution in [1.82, 2.24) is 9.71 Å². The number of nitrogens with two attached hydrogens (primary N) is 1. The van der Waals surface area contributed by atoms with E-state index in [4.69, 9.17) is 11.0 Å². The monoisotopic (exact) mass is 288 g/mol. The first-order valence-corrected chi connectivity index (χ1v) is 7.19.